The van der Waals surface area contributed by atoms with Gasteiger partial charge >= 0.3 is 0 Å². The normalized spacial score (nSPS) is 18.4. The third-order valence-electron chi connectivity index (χ3n) is 5.59. The smallest absolute Gasteiger partial charge is 0.255 e. The van der Waals surface area contributed by atoms with Crippen molar-refractivity contribution in [3.05, 3.63) is 40.6 Å². The van der Waals surface area contributed by atoms with Crippen LogP contribution in [0.2, 0.25) is 0 Å². The van der Waals surface area contributed by atoms with Crippen molar-refractivity contribution in [2.75, 3.05) is 49.1 Å². The maximum absolute atomic E-state index is 12.7. The van der Waals surface area contributed by atoms with Crippen molar-refractivity contribution < 1.29 is 4.79 Å². The number of hydrogen-bond acceptors (Lipinski definition) is 6. The molecule has 2 aliphatic rings. The van der Waals surface area contributed by atoms with Crippen molar-refractivity contribution in [2.45, 2.75) is 19.8 Å². The second-order valence-electron chi connectivity index (χ2n) is 7.59. The van der Waals surface area contributed by atoms with Crippen LogP contribution >= 0.6 is 15.9 Å². The summed E-state index contributed by atoms with van der Waals surface area (Å²) in [4.78, 5) is 23.1. The van der Waals surface area contributed by atoms with Crippen LogP contribution in [0.4, 0.5) is 11.6 Å². The molecule has 2 saturated heterocycles. The second-order valence-corrected chi connectivity index (χ2v) is 8.51. The highest BCUT2D eigenvalue weighted by molar-refractivity contribution is 9.10. The van der Waals surface area contributed by atoms with E-state index in [4.69, 9.17) is 0 Å². The lowest BCUT2D eigenvalue weighted by molar-refractivity contribution is 0.0746. The molecule has 4 rings (SSSR count). The molecule has 2 fully saturated rings. The van der Waals surface area contributed by atoms with Gasteiger partial charge in [-0.2, -0.15) is 0 Å². The van der Waals surface area contributed by atoms with Gasteiger partial charge in [0.15, 0.2) is 11.6 Å². The molecular weight excluding hydrogens is 420 g/mol. The van der Waals surface area contributed by atoms with E-state index in [-0.39, 0.29) is 5.91 Å². The number of nitrogens with zero attached hydrogens (tertiary/aromatic N) is 6. The Morgan fingerprint density at radius 1 is 0.964 bits per heavy atom. The summed E-state index contributed by atoms with van der Waals surface area (Å²) in [5.41, 5.74) is 0.614. The second kappa shape index (κ2) is 8.43. The molecule has 148 valence electrons. The molecule has 2 aromatic rings. The van der Waals surface area contributed by atoms with Crippen LogP contribution in [0.3, 0.4) is 0 Å². The van der Waals surface area contributed by atoms with Gasteiger partial charge in [-0.25, -0.2) is 0 Å². The lowest BCUT2D eigenvalue weighted by atomic mass is 9.99. The van der Waals surface area contributed by atoms with Gasteiger partial charge in [-0.3, -0.25) is 9.78 Å². The highest BCUT2D eigenvalue weighted by Gasteiger charge is 2.24. The summed E-state index contributed by atoms with van der Waals surface area (Å²) in [7, 11) is 0. The van der Waals surface area contributed by atoms with E-state index in [2.05, 4.69) is 60.0 Å². The fourth-order valence-corrected chi connectivity index (χ4v) is 4.11. The summed E-state index contributed by atoms with van der Waals surface area (Å²) < 4.78 is 0.815. The number of piperazine rings is 1. The summed E-state index contributed by atoms with van der Waals surface area (Å²) in [6.45, 7) is 7.26. The Morgan fingerprint density at radius 2 is 1.57 bits per heavy atom. The Hall–Kier alpha value is -2.22. The Bertz CT molecular complexity index is 814. The predicted molar refractivity (Wildman–Crippen MR) is 113 cm³/mol. The monoisotopic (exact) mass is 444 g/mol. The van der Waals surface area contributed by atoms with Crippen LogP contribution < -0.4 is 9.80 Å². The maximum Gasteiger partial charge on any atom is 0.255 e. The average Bonchev–Trinajstić information content (AvgIpc) is 2.74. The molecule has 0 aliphatic carbocycles. The number of carbonyl (C=O) groups is 1. The molecule has 2 aromatic heterocycles. The van der Waals surface area contributed by atoms with Crippen LogP contribution in [0.25, 0.3) is 0 Å². The SMILES string of the molecule is CC1CCN(c2ccc(N3CCN(C(=O)c4cncc(Br)c4)CC3)nn2)CC1. The molecule has 2 aliphatic heterocycles. The summed E-state index contributed by atoms with van der Waals surface area (Å²) in [6.07, 6.45) is 5.73. The average molecular weight is 445 g/mol. The first-order chi connectivity index (χ1) is 13.6. The van der Waals surface area contributed by atoms with Gasteiger partial charge in [0.2, 0.25) is 0 Å². The largest absolute Gasteiger partial charge is 0.355 e. The van der Waals surface area contributed by atoms with Crippen molar-refractivity contribution >= 4 is 33.5 Å². The van der Waals surface area contributed by atoms with E-state index < -0.39 is 0 Å². The first-order valence-corrected chi connectivity index (χ1v) is 10.6. The first kappa shape index (κ1) is 19.1. The highest BCUT2D eigenvalue weighted by atomic mass is 79.9. The van der Waals surface area contributed by atoms with E-state index in [9.17, 15) is 4.79 Å². The van der Waals surface area contributed by atoms with Crippen LogP contribution in [0.1, 0.15) is 30.1 Å². The lowest BCUT2D eigenvalue weighted by Gasteiger charge is -2.35. The van der Waals surface area contributed by atoms with Crippen molar-refractivity contribution in [1.29, 1.82) is 0 Å². The van der Waals surface area contributed by atoms with E-state index in [0.29, 0.717) is 18.7 Å². The minimum absolute atomic E-state index is 0.0224. The molecule has 0 spiro atoms. The zero-order valence-electron chi connectivity index (χ0n) is 16.1. The molecule has 28 heavy (non-hydrogen) atoms. The minimum atomic E-state index is 0.0224. The van der Waals surface area contributed by atoms with E-state index >= 15 is 0 Å². The standard InChI is InChI=1S/C20H25BrN6O/c1-15-4-6-25(7-5-15)18-2-3-19(24-23-18)26-8-10-27(11-9-26)20(28)16-12-17(21)14-22-13-16/h2-3,12-15H,4-11H2,1H3. The summed E-state index contributed by atoms with van der Waals surface area (Å²) in [5.74, 6) is 2.67. The first-order valence-electron chi connectivity index (χ1n) is 9.83. The fourth-order valence-electron chi connectivity index (χ4n) is 3.74. The molecule has 0 atom stereocenters. The van der Waals surface area contributed by atoms with Crippen LogP contribution in [0.15, 0.2) is 35.1 Å². The molecule has 8 heteroatoms. The molecule has 0 unspecified atom stereocenters. The van der Waals surface area contributed by atoms with Crippen LogP contribution in [0.5, 0.6) is 0 Å². The molecule has 0 aromatic carbocycles. The van der Waals surface area contributed by atoms with E-state index in [1.165, 1.54) is 12.8 Å². The number of amides is 1. The number of hydrogen-bond donors (Lipinski definition) is 0. The summed E-state index contributed by atoms with van der Waals surface area (Å²) >= 11 is 3.37. The van der Waals surface area contributed by atoms with Crippen LogP contribution in [-0.4, -0.2) is 65.3 Å². The van der Waals surface area contributed by atoms with Gasteiger partial charge in [-0.1, -0.05) is 6.92 Å². The summed E-state index contributed by atoms with van der Waals surface area (Å²) in [5, 5.41) is 8.91. The van der Waals surface area contributed by atoms with Crippen molar-refractivity contribution in [3.63, 3.8) is 0 Å². The van der Waals surface area contributed by atoms with Crippen molar-refractivity contribution in [1.82, 2.24) is 20.1 Å². The number of pyridine rings is 1. The van der Waals surface area contributed by atoms with E-state index in [1.54, 1.807) is 12.4 Å². The van der Waals surface area contributed by atoms with Crippen molar-refractivity contribution in [3.8, 4) is 0 Å². The zero-order chi connectivity index (χ0) is 19.5. The topological polar surface area (TPSA) is 65.5 Å². The van der Waals surface area contributed by atoms with Gasteiger partial charge in [-0.05, 0) is 52.9 Å². The Morgan fingerprint density at radius 3 is 2.14 bits per heavy atom. The highest BCUT2D eigenvalue weighted by Crippen LogP contribution is 2.22. The zero-order valence-corrected chi connectivity index (χ0v) is 17.7. The maximum atomic E-state index is 12.7. The molecular formula is C20H25BrN6O. The van der Waals surface area contributed by atoms with Gasteiger partial charge in [0.25, 0.3) is 5.91 Å². The molecule has 4 heterocycles. The fraction of sp³-hybridized carbons (Fsp3) is 0.500. The molecule has 0 saturated carbocycles. The minimum Gasteiger partial charge on any atom is -0.355 e. The van der Waals surface area contributed by atoms with Crippen LogP contribution in [0, 0.1) is 5.92 Å². The Balaban J connectivity index is 1.34. The van der Waals surface area contributed by atoms with Gasteiger partial charge in [-0.15, -0.1) is 10.2 Å². The van der Waals surface area contributed by atoms with Gasteiger partial charge in [0.05, 0.1) is 5.56 Å². The van der Waals surface area contributed by atoms with Crippen molar-refractivity contribution in [2.24, 2.45) is 5.92 Å². The third-order valence-corrected chi connectivity index (χ3v) is 6.02. The number of aromatic nitrogens is 3. The molecule has 7 nitrogen and oxygen atoms in total. The van der Waals surface area contributed by atoms with Crippen LogP contribution in [-0.2, 0) is 0 Å². The number of piperidine rings is 1. The molecule has 1 amide bonds. The van der Waals surface area contributed by atoms with Gasteiger partial charge < -0.3 is 14.7 Å². The number of anilines is 2. The summed E-state index contributed by atoms with van der Waals surface area (Å²) in [6, 6.07) is 5.94. The lowest BCUT2D eigenvalue weighted by Crippen LogP contribution is -2.49. The van der Waals surface area contributed by atoms with E-state index in [0.717, 1.165) is 48.2 Å². The molecule has 0 radical (unpaired) electrons. The third kappa shape index (κ3) is 4.27. The van der Waals surface area contributed by atoms with Gasteiger partial charge in [0.1, 0.15) is 0 Å². The molecule has 0 N–H and O–H groups in total. The van der Waals surface area contributed by atoms with Gasteiger partial charge in [0, 0.05) is 56.1 Å². The Kier molecular flexibility index (Phi) is 5.75. The number of rotatable bonds is 3. The number of halogens is 1. The number of carbonyl (C=O) groups excluding carboxylic acids is 1. The predicted octanol–water partition coefficient (Wildman–Crippen LogP) is 2.83. The van der Waals surface area contributed by atoms with E-state index in [1.807, 2.05) is 11.0 Å². The molecule has 0 bridgehead atoms. The quantitative estimate of drug-likeness (QED) is 0.724. The Labute approximate surface area is 173 Å².